The number of nitrogens with zero attached hydrogens (tertiary/aromatic N) is 3. The number of carbonyl (C=O) groups excluding carboxylic acids is 1. The molecule has 2 atom stereocenters. The highest BCUT2D eigenvalue weighted by Gasteiger charge is 2.37. The molecule has 1 N–H and O–H groups in total. The number of halogens is 1. The number of likely N-dealkylation sites (tertiary alicyclic amines) is 1. The molecule has 0 spiro atoms. The SMILES string of the molecule is Cl.O=C(CCCc1nc(-c2cccs2)no1)N1C[C@H]2CNC[C@H]2C1. The van der Waals surface area contributed by atoms with E-state index in [-0.39, 0.29) is 18.3 Å². The Bertz CT molecular complexity index is 663. The Morgan fingerprint density at radius 3 is 2.88 bits per heavy atom. The molecule has 24 heavy (non-hydrogen) atoms. The van der Waals surface area contributed by atoms with Gasteiger partial charge in [-0.1, -0.05) is 11.2 Å². The molecule has 4 rings (SSSR count). The molecule has 4 heterocycles. The summed E-state index contributed by atoms with van der Waals surface area (Å²) in [5, 5.41) is 9.38. The number of thiophene rings is 1. The van der Waals surface area contributed by atoms with Crippen LogP contribution in [0.3, 0.4) is 0 Å². The predicted molar refractivity (Wildman–Crippen MR) is 94.2 cm³/mol. The largest absolute Gasteiger partial charge is 0.342 e. The van der Waals surface area contributed by atoms with E-state index < -0.39 is 0 Å². The zero-order chi connectivity index (χ0) is 15.6. The van der Waals surface area contributed by atoms with Crippen LogP contribution in [0, 0.1) is 11.8 Å². The smallest absolute Gasteiger partial charge is 0.226 e. The van der Waals surface area contributed by atoms with E-state index in [1.165, 1.54) is 0 Å². The molecule has 2 saturated heterocycles. The monoisotopic (exact) mass is 368 g/mol. The Morgan fingerprint density at radius 1 is 1.38 bits per heavy atom. The average Bonchev–Trinajstić information content (AvgIpc) is 3.29. The van der Waals surface area contributed by atoms with E-state index in [9.17, 15) is 4.79 Å². The summed E-state index contributed by atoms with van der Waals surface area (Å²) < 4.78 is 5.27. The van der Waals surface area contributed by atoms with Gasteiger partial charge in [0.25, 0.3) is 0 Å². The minimum Gasteiger partial charge on any atom is -0.342 e. The molecule has 1 amide bonds. The Hall–Kier alpha value is -1.44. The predicted octanol–water partition coefficient (Wildman–Crippen LogP) is 2.22. The van der Waals surface area contributed by atoms with Crippen LogP contribution in [0.1, 0.15) is 18.7 Å². The first-order valence-corrected chi connectivity index (χ1v) is 9.02. The first-order chi connectivity index (χ1) is 11.3. The molecule has 0 bridgehead atoms. The van der Waals surface area contributed by atoms with Crippen molar-refractivity contribution in [3.63, 3.8) is 0 Å². The summed E-state index contributed by atoms with van der Waals surface area (Å²) >= 11 is 1.59. The van der Waals surface area contributed by atoms with Gasteiger partial charge in [0, 0.05) is 39.0 Å². The normalized spacial score (nSPS) is 22.4. The molecule has 0 aliphatic carbocycles. The lowest BCUT2D eigenvalue weighted by Gasteiger charge is -2.17. The lowest BCUT2D eigenvalue weighted by Crippen LogP contribution is -2.31. The third kappa shape index (κ3) is 3.63. The molecule has 0 unspecified atom stereocenters. The number of amides is 1. The highest BCUT2D eigenvalue weighted by molar-refractivity contribution is 7.13. The highest BCUT2D eigenvalue weighted by atomic mass is 35.5. The first kappa shape index (κ1) is 17.4. The quantitative estimate of drug-likeness (QED) is 0.876. The van der Waals surface area contributed by atoms with Gasteiger partial charge in [-0.2, -0.15) is 4.98 Å². The molecular weight excluding hydrogens is 348 g/mol. The summed E-state index contributed by atoms with van der Waals surface area (Å²) in [5.41, 5.74) is 0. The van der Waals surface area contributed by atoms with Gasteiger partial charge < -0.3 is 14.7 Å². The van der Waals surface area contributed by atoms with Gasteiger partial charge in [0.05, 0.1) is 4.88 Å². The molecule has 0 saturated carbocycles. The van der Waals surface area contributed by atoms with Gasteiger partial charge >= 0.3 is 0 Å². The minimum absolute atomic E-state index is 0. The summed E-state index contributed by atoms with van der Waals surface area (Å²) in [6.07, 6.45) is 1.98. The molecule has 2 aromatic heterocycles. The van der Waals surface area contributed by atoms with E-state index >= 15 is 0 Å². The van der Waals surface area contributed by atoms with Crippen LogP contribution in [0.15, 0.2) is 22.0 Å². The van der Waals surface area contributed by atoms with Crippen molar-refractivity contribution in [1.29, 1.82) is 0 Å². The Kier molecular flexibility index (Phi) is 5.53. The summed E-state index contributed by atoms with van der Waals surface area (Å²) in [5.74, 6) is 2.83. The van der Waals surface area contributed by atoms with Gasteiger partial charge in [-0.25, -0.2) is 0 Å². The van der Waals surface area contributed by atoms with Crippen molar-refractivity contribution < 1.29 is 9.32 Å². The average molecular weight is 369 g/mol. The van der Waals surface area contributed by atoms with Crippen molar-refractivity contribution in [3.8, 4) is 10.7 Å². The van der Waals surface area contributed by atoms with Gasteiger partial charge in [0.1, 0.15) is 0 Å². The van der Waals surface area contributed by atoms with E-state index in [1.54, 1.807) is 11.3 Å². The lowest BCUT2D eigenvalue weighted by atomic mass is 10.0. The zero-order valence-electron chi connectivity index (χ0n) is 13.3. The van der Waals surface area contributed by atoms with Crippen LogP contribution in [0.4, 0.5) is 0 Å². The Morgan fingerprint density at radius 2 is 2.17 bits per heavy atom. The Labute approximate surface area is 151 Å². The molecule has 6 nitrogen and oxygen atoms in total. The van der Waals surface area contributed by atoms with Gasteiger partial charge in [-0.3, -0.25) is 4.79 Å². The third-order valence-electron chi connectivity index (χ3n) is 4.73. The van der Waals surface area contributed by atoms with Crippen molar-refractivity contribution >= 4 is 29.7 Å². The maximum atomic E-state index is 12.3. The van der Waals surface area contributed by atoms with E-state index in [2.05, 4.69) is 15.5 Å². The zero-order valence-corrected chi connectivity index (χ0v) is 14.9. The minimum atomic E-state index is 0. The highest BCUT2D eigenvalue weighted by Crippen LogP contribution is 2.27. The number of aromatic nitrogens is 2. The topological polar surface area (TPSA) is 71.3 Å². The van der Waals surface area contributed by atoms with Crippen LogP contribution in [-0.2, 0) is 11.2 Å². The van der Waals surface area contributed by atoms with Gasteiger partial charge in [0.2, 0.25) is 17.6 Å². The number of rotatable bonds is 5. The Balaban J connectivity index is 0.00000169. The van der Waals surface area contributed by atoms with E-state index in [0.29, 0.717) is 36.4 Å². The molecule has 0 radical (unpaired) electrons. The van der Waals surface area contributed by atoms with Crippen LogP contribution in [-0.4, -0.2) is 47.1 Å². The van der Waals surface area contributed by atoms with Crippen molar-refractivity contribution in [2.75, 3.05) is 26.2 Å². The van der Waals surface area contributed by atoms with Gasteiger partial charge in [-0.15, -0.1) is 23.7 Å². The van der Waals surface area contributed by atoms with Crippen LogP contribution in [0.25, 0.3) is 10.7 Å². The molecule has 8 heteroatoms. The summed E-state index contributed by atoms with van der Waals surface area (Å²) in [6, 6.07) is 3.94. The second kappa shape index (κ2) is 7.63. The third-order valence-corrected chi connectivity index (χ3v) is 5.60. The van der Waals surface area contributed by atoms with Crippen LogP contribution < -0.4 is 5.32 Å². The number of hydrogen-bond donors (Lipinski definition) is 1. The number of hydrogen-bond acceptors (Lipinski definition) is 6. The first-order valence-electron chi connectivity index (χ1n) is 8.14. The molecule has 2 aliphatic rings. The van der Waals surface area contributed by atoms with Crippen molar-refractivity contribution in [1.82, 2.24) is 20.4 Å². The molecule has 130 valence electrons. The van der Waals surface area contributed by atoms with Crippen LogP contribution in [0.5, 0.6) is 0 Å². The standard InChI is InChI=1S/C16H20N4O2S.ClH/c21-15(20-9-11-7-17-8-12(11)10-20)5-1-4-14-18-16(19-22-14)13-3-2-6-23-13;/h2-3,6,11-12,17H,1,4-5,7-10H2;1H/t11-,12+;. The van der Waals surface area contributed by atoms with E-state index in [4.69, 9.17) is 4.52 Å². The number of aryl methyl sites for hydroxylation is 1. The summed E-state index contributed by atoms with van der Waals surface area (Å²) in [4.78, 5) is 19.7. The fraction of sp³-hybridized carbons (Fsp3) is 0.562. The fourth-order valence-electron chi connectivity index (χ4n) is 3.47. The number of nitrogens with one attached hydrogen (secondary N) is 1. The second-order valence-corrected chi connectivity index (χ2v) is 7.27. The maximum Gasteiger partial charge on any atom is 0.226 e. The molecule has 2 aliphatic heterocycles. The van der Waals surface area contributed by atoms with Crippen LogP contribution >= 0.6 is 23.7 Å². The molecule has 2 fully saturated rings. The number of fused-ring (bicyclic) bond motifs is 1. The molecule has 0 aromatic carbocycles. The van der Waals surface area contributed by atoms with Crippen molar-refractivity contribution in [2.45, 2.75) is 19.3 Å². The van der Waals surface area contributed by atoms with Crippen molar-refractivity contribution in [3.05, 3.63) is 23.4 Å². The van der Waals surface area contributed by atoms with E-state index in [0.717, 1.165) is 37.5 Å². The summed E-state index contributed by atoms with van der Waals surface area (Å²) in [6.45, 7) is 3.95. The second-order valence-electron chi connectivity index (χ2n) is 6.32. The molecular formula is C16H21ClN4O2S. The molecule has 2 aromatic rings. The van der Waals surface area contributed by atoms with E-state index in [1.807, 2.05) is 22.4 Å². The van der Waals surface area contributed by atoms with Crippen LogP contribution in [0.2, 0.25) is 0 Å². The number of carbonyl (C=O) groups is 1. The maximum absolute atomic E-state index is 12.3. The van der Waals surface area contributed by atoms with Gasteiger partial charge in [0.15, 0.2) is 0 Å². The lowest BCUT2D eigenvalue weighted by molar-refractivity contribution is -0.130. The van der Waals surface area contributed by atoms with Gasteiger partial charge in [-0.05, 0) is 29.7 Å². The fourth-order valence-corrected chi connectivity index (χ4v) is 4.12. The van der Waals surface area contributed by atoms with Crippen molar-refractivity contribution in [2.24, 2.45) is 11.8 Å². The summed E-state index contributed by atoms with van der Waals surface area (Å²) in [7, 11) is 0.